The summed E-state index contributed by atoms with van der Waals surface area (Å²) in [6.45, 7) is 7.07. The summed E-state index contributed by atoms with van der Waals surface area (Å²) in [5.41, 5.74) is -0.697. The quantitative estimate of drug-likeness (QED) is 0.696. The van der Waals surface area contributed by atoms with Crippen molar-refractivity contribution in [2.24, 2.45) is 0 Å². The molecule has 0 aromatic rings. The van der Waals surface area contributed by atoms with Crippen molar-refractivity contribution in [3.63, 3.8) is 0 Å². The molecule has 0 amide bonds. The maximum Gasteiger partial charge on any atom is 0.325 e. The SMILES string of the molecule is CCOC(=O)C1COC2(COC(C)(C)C2)N1. The van der Waals surface area contributed by atoms with E-state index in [4.69, 9.17) is 14.2 Å². The molecule has 5 nitrogen and oxygen atoms in total. The van der Waals surface area contributed by atoms with Crippen LogP contribution in [0, 0.1) is 0 Å². The smallest absolute Gasteiger partial charge is 0.325 e. The van der Waals surface area contributed by atoms with Gasteiger partial charge in [0.25, 0.3) is 0 Å². The van der Waals surface area contributed by atoms with Gasteiger partial charge in [0.15, 0.2) is 0 Å². The van der Waals surface area contributed by atoms with Gasteiger partial charge < -0.3 is 14.2 Å². The van der Waals surface area contributed by atoms with Crippen LogP contribution in [0.4, 0.5) is 0 Å². The minimum atomic E-state index is -0.499. The zero-order chi connectivity index (χ0) is 11.8. The van der Waals surface area contributed by atoms with Gasteiger partial charge in [0.05, 0.1) is 25.4 Å². The number of rotatable bonds is 2. The fraction of sp³-hybridized carbons (Fsp3) is 0.909. The zero-order valence-electron chi connectivity index (χ0n) is 10.0. The minimum Gasteiger partial charge on any atom is -0.465 e. The zero-order valence-corrected chi connectivity index (χ0v) is 10.0. The second-order valence-corrected chi connectivity index (χ2v) is 4.98. The molecule has 2 rings (SSSR count). The first-order valence-corrected chi connectivity index (χ1v) is 5.69. The normalized spacial score (nSPS) is 36.8. The van der Waals surface area contributed by atoms with Crippen LogP contribution in [0.1, 0.15) is 27.2 Å². The van der Waals surface area contributed by atoms with Crippen molar-refractivity contribution in [1.82, 2.24) is 5.32 Å². The largest absolute Gasteiger partial charge is 0.465 e. The van der Waals surface area contributed by atoms with Gasteiger partial charge in [0.2, 0.25) is 0 Å². The van der Waals surface area contributed by atoms with Crippen molar-refractivity contribution >= 4 is 5.97 Å². The van der Waals surface area contributed by atoms with E-state index in [1.54, 1.807) is 6.92 Å². The summed E-state index contributed by atoms with van der Waals surface area (Å²) in [5.74, 6) is -0.246. The summed E-state index contributed by atoms with van der Waals surface area (Å²) in [6, 6.07) is -0.363. The summed E-state index contributed by atoms with van der Waals surface area (Å²) < 4.78 is 16.3. The van der Waals surface area contributed by atoms with Crippen molar-refractivity contribution in [3.05, 3.63) is 0 Å². The first-order valence-electron chi connectivity index (χ1n) is 5.69. The Morgan fingerprint density at radius 1 is 1.50 bits per heavy atom. The molecule has 2 saturated heterocycles. The molecule has 16 heavy (non-hydrogen) atoms. The van der Waals surface area contributed by atoms with Gasteiger partial charge in [-0.1, -0.05) is 0 Å². The van der Waals surface area contributed by atoms with Gasteiger partial charge in [-0.25, -0.2) is 0 Å². The first kappa shape index (κ1) is 11.8. The topological polar surface area (TPSA) is 56.8 Å². The van der Waals surface area contributed by atoms with Crippen LogP contribution in [0.5, 0.6) is 0 Å². The highest BCUT2D eigenvalue weighted by molar-refractivity contribution is 5.76. The molecule has 2 heterocycles. The molecule has 0 saturated carbocycles. The molecular formula is C11H19NO4. The van der Waals surface area contributed by atoms with E-state index < -0.39 is 5.72 Å². The highest BCUT2D eigenvalue weighted by atomic mass is 16.6. The average Bonchev–Trinajstić information content (AvgIpc) is 2.72. The lowest BCUT2D eigenvalue weighted by Gasteiger charge is -2.23. The highest BCUT2D eigenvalue weighted by Crippen LogP contribution is 2.36. The van der Waals surface area contributed by atoms with Gasteiger partial charge in [0.1, 0.15) is 11.8 Å². The molecule has 0 aromatic carbocycles. The lowest BCUT2D eigenvalue weighted by atomic mass is 10.0. The molecule has 0 bridgehead atoms. The Balaban J connectivity index is 1.95. The van der Waals surface area contributed by atoms with Gasteiger partial charge in [-0.2, -0.15) is 0 Å². The Morgan fingerprint density at radius 3 is 2.81 bits per heavy atom. The number of ether oxygens (including phenoxy) is 3. The van der Waals surface area contributed by atoms with Crippen LogP contribution in [0.3, 0.4) is 0 Å². The summed E-state index contributed by atoms with van der Waals surface area (Å²) >= 11 is 0. The third-order valence-electron chi connectivity index (χ3n) is 2.94. The molecule has 92 valence electrons. The first-order chi connectivity index (χ1) is 7.46. The molecule has 2 atom stereocenters. The van der Waals surface area contributed by atoms with E-state index in [1.807, 2.05) is 13.8 Å². The van der Waals surface area contributed by atoms with E-state index in [0.29, 0.717) is 19.8 Å². The van der Waals surface area contributed by atoms with E-state index in [2.05, 4.69) is 5.32 Å². The van der Waals surface area contributed by atoms with E-state index in [1.165, 1.54) is 0 Å². The molecule has 2 aliphatic rings. The van der Waals surface area contributed by atoms with Crippen molar-refractivity contribution in [3.8, 4) is 0 Å². The van der Waals surface area contributed by atoms with Crippen LogP contribution in [0.15, 0.2) is 0 Å². The standard InChI is InChI=1S/C11H19NO4/c1-4-14-9(13)8-5-15-11(12-8)6-10(2,3)16-7-11/h8,12H,4-7H2,1-3H3. The van der Waals surface area contributed by atoms with Crippen LogP contribution in [-0.4, -0.2) is 43.2 Å². The van der Waals surface area contributed by atoms with E-state index >= 15 is 0 Å². The molecule has 0 aromatic heterocycles. The molecule has 0 radical (unpaired) electrons. The van der Waals surface area contributed by atoms with E-state index in [9.17, 15) is 4.79 Å². The fourth-order valence-corrected chi connectivity index (χ4v) is 2.30. The number of hydrogen-bond acceptors (Lipinski definition) is 5. The van der Waals surface area contributed by atoms with Crippen LogP contribution in [-0.2, 0) is 19.0 Å². The maximum atomic E-state index is 11.5. The van der Waals surface area contributed by atoms with Gasteiger partial charge in [0, 0.05) is 6.42 Å². The second-order valence-electron chi connectivity index (χ2n) is 4.98. The Kier molecular flexibility index (Phi) is 2.94. The lowest BCUT2D eigenvalue weighted by Crippen LogP contribution is -2.48. The Labute approximate surface area is 95.4 Å². The number of esters is 1. The third-order valence-corrected chi connectivity index (χ3v) is 2.94. The predicted molar refractivity (Wildman–Crippen MR) is 56.9 cm³/mol. The van der Waals surface area contributed by atoms with Gasteiger partial charge >= 0.3 is 5.97 Å². The predicted octanol–water partition coefficient (Wildman–Crippen LogP) is 0.433. The second kappa shape index (κ2) is 3.98. The van der Waals surface area contributed by atoms with E-state index in [0.717, 1.165) is 6.42 Å². The monoisotopic (exact) mass is 229 g/mol. The van der Waals surface area contributed by atoms with Crippen LogP contribution >= 0.6 is 0 Å². The van der Waals surface area contributed by atoms with Gasteiger partial charge in [-0.3, -0.25) is 10.1 Å². The fourth-order valence-electron chi connectivity index (χ4n) is 2.30. The molecule has 2 aliphatic heterocycles. The van der Waals surface area contributed by atoms with Crippen molar-refractivity contribution in [2.75, 3.05) is 19.8 Å². The number of hydrogen-bond donors (Lipinski definition) is 1. The molecule has 2 unspecified atom stereocenters. The number of carbonyl (C=O) groups excluding carboxylic acids is 1. The third kappa shape index (κ3) is 2.21. The Hall–Kier alpha value is -0.650. The van der Waals surface area contributed by atoms with E-state index in [-0.39, 0.29) is 17.6 Å². The van der Waals surface area contributed by atoms with Crippen molar-refractivity contribution in [2.45, 2.75) is 44.6 Å². The molecule has 2 fully saturated rings. The maximum absolute atomic E-state index is 11.5. The summed E-state index contributed by atoms with van der Waals surface area (Å²) in [6.07, 6.45) is 0.746. The summed E-state index contributed by atoms with van der Waals surface area (Å²) in [7, 11) is 0. The molecule has 0 aliphatic carbocycles. The van der Waals surface area contributed by atoms with Crippen LogP contribution < -0.4 is 5.32 Å². The number of carbonyl (C=O) groups is 1. The molecule has 1 N–H and O–H groups in total. The Morgan fingerprint density at radius 2 is 2.25 bits per heavy atom. The highest BCUT2D eigenvalue weighted by Gasteiger charge is 2.51. The van der Waals surface area contributed by atoms with Crippen molar-refractivity contribution in [1.29, 1.82) is 0 Å². The Bertz CT molecular complexity index is 292. The van der Waals surface area contributed by atoms with Gasteiger partial charge in [-0.05, 0) is 20.8 Å². The summed E-state index contributed by atoms with van der Waals surface area (Å²) in [5, 5.41) is 3.18. The number of nitrogens with one attached hydrogen (secondary N) is 1. The molecular weight excluding hydrogens is 210 g/mol. The van der Waals surface area contributed by atoms with Gasteiger partial charge in [-0.15, -0.1) is 0 Å². The summed E-state index contributed by atoms with van der Waals surface area (Å²) in [4.78, 5) is 11.5. The molecule has 1 spiro atoms. The van der Waals surface area contributed by atoms with Crippen LogP contribution in [0.2, 0.25) is 0 Å². The van der Waals surface area contributed by atoms with Crippen LogP contribution in [0.25, 0.3) is 0 Å². The molecule has 5 heteroatoms. The van der Waals surface area contributed by atoms with Crippen molar-refractivity contribution < 1.29 is 19.0 Å². The average molecular weight is 229 g/mol. The minimum absolute atomic E-state index is 0.198. The lowest BCUT2D eigenvalue weighted by molar-refractivity contribution is -0.145.